The maximum absolute atomic E-state index is 12.7. The molecule has 110 valence electrons. The van der Waals surface area contributed by atoms with Crippen LogP contribution < -0.4 is 4.74 Å². The summed E-state index contributed by atoms with van der Waals surface area (Å²) >= 11 is 0. The molecule has 6 heteroatoms. The van der Waals surface area contributed by atoms with Gasteiger partial charge in [-0.05, 0) is 31.0 Å². The molecule has 0 bridgehead atoms. The zero-order chi connectivity index (χ0) is 14.8. The predicted molar refractivity (Wildman–Crippen MR) is 74.0 cm³/mol. The molecular weight excluding hydrogens is 280 g/mol. The molecule has 2 rings (SSSR count). The van der Waals surface area contributed by atoms with Crippen LogP contribution in [0.1, 0.15) is 42.5 Å². The Balaban J connectivity index is 2.48. The van der Waals surface area contributed by atoms with Crippen molar-refractivity contribution in [3.63, 3.8) is 0 Å². The summed E-state index contributed by atoms with van der Waals surface area (Å²) in [6.45, 7) is 0. The van der Waals surface area contributed by atoms with Crippen LogP contribution in [0, 0.1) is 0 Å². The maximum Gasteiger partial charge on any atom is 0.335 e. The van der Waals surface area contributed by atoms with E-state index in [0.29, 0.717) is 12.8 Å². The second kappa shape index (κ2) is 5.83. The molecule has 5 nitrogen and oxygen atoms in total. The van der Waals surface area contributed by atoms with E-state index in [1.54, 1.807) is 0 Å². The van der Waals surface area contributed by atoms with E-state index < -0.39 is 21.1 Å². The van der Waals surface area contributed by atoms with Crippen molar-refractivity contribution in [3.8, 4) is 5.75 Å². The third-order valence-corrected chi connectivity index (χ3v) is 5.99. The first-order valence-electron chi connectivity index (χ1n) is 6.62. The zero-order valence-corrected chi connectivity index (χ0v) is 12.1. The predicted octanol–water partition coefficient (Wildman–Crippen LogP) is 2.50. The van der Waals surface area contributed by atoms with Crippen molar-refractivity contribution < 1.29 is 23.1 Å². The molecule has 1 aromatic carbocycles. The molecule has 0 spiro atoms. The van der Waals surface area contributed by atoms with Gasteiger partial charge >= 0.3 is 5.97 Å². The van der Waals surface area contributed by atoms with Crippen molar-refractivity contribution in [1.29, 1.82) is 0 Å². The molecule has 1 fully saturated rings. The lowest BCUT2D eigenvalue weighted by Crippen LogP contribution is -2.24. The summed E-state index contributed by atoms with van der Waals surface area (Å²) < 4.78 is 30.4. The molecule has 0 aliphatic heterocycles. The summed E-state index contributed by atoms with van der Waals surface area (Å²) in [6, 6.07) is 3.95. The van der Waals surface area contributed by atoms with E-state index in [1.165, 1.54) is 25.3 Å². The fourth-order valence-electron chi connectivity index (χ4n) is 2.59. The summed E-state index contributed by atoms with van der Waals surface area (Å²) in [5, 5.41) is 8.58. The molecule has 0 amide bonds. The lowest BCUT2D eigenvalue weighted by Gasteiger charge is -2.22. The third-order valence-electron chi connectivity index (χ3n) is 3.71. The summed E-state index contributed by atoms with van der Waals surface area (Å²) in [7, 11) is -2.16. The van der Waals surface area contributed by atoms with Gasteiger partial charge in [-0.1, -0.05) is 19.3 Å². The Bertz CT molecular complexity index is 600. The Morgan fingerprint density at radius 2 is 1.90 bits per heavy atom. The molecular formula is C14H18O5S. The highest BCUT2D eigenvalue weighted by molar-refractivity contribution is 7.92. The number of carboxylic acid groups (broad SMARTS) is 1. The molecule has 0 aromatic heterocycles. The van der Waals surface area contributed by atoms with Crippen LogP contribution in [-0.4, -0.2) is 31.9 Å². The first-order chi connectivity index (χ1) is 9.46. The molecule has 20 heavy (non-hydrogen) atoms. The molecule has 1 aliphatic rings. The molecule has 0 heterocycles. The minimum absolute atomic E-state index is 0.00759. The molecule has 1 N–H and O–H groups in total. The number of carbonyl (C=O) groups is 1. The van der Waals surface area contributed by atoms with Gasteiger partial charge in [-0.2, -0.15) is 0 Å². The SMILES string of the molecule is COc1ccc(C(=O)O)cc1S(=O)(=O)C1CCCCC1. The molecule has 0 unspecified atom stereocenters. The number of aromatic carboxylic acids is 1. The van der Waals surface area contributed by atoms with Crippen molar-refractivity contribution in [2.45, 2.75) is 42.2 Å². The van der Waals surface area contributed by atoms with Gasteiger partial charge in [0.15, 0.2) is 9.84 Å². The Morgan fingerprint density at radius 1 is 1.25 bits per heavy atom. The Morgan fingerprint density at radius 3 is 2.45 bits per heavy atom. The van der Waals surface area contributed by atoms with Crippen molar-refractivity contribution in [3.05, 3.63) is 23.8 Å². The summed E-state index contributed by atoms with van der Waals surface area (Å²) in [5.74, 6) is -0.937. The van der Waals surface area contributed by atoms with Gasteiger partial charge < -0.3 is 9.84 Å². The maximum atomic E-state index is 12.7. The average Bonchev–Trinajstić information content (AvgIpc) is 2.47. The lowest BCUT2D eigenvalue weighted by molar-refractivity contribution is 0.0696. The fourth-order valence-corrected chi connectivity index (χ4v) is 4.62. The van der Waals surface area contributed by atoms with Crippen molar-refractivity contribution in [2.75, 3.05) is 7.11 Å². The highest BCUT2D eigenvalue weighted by atomic mass is 32.2. The summed E-state index contributed by atoms with van der Waals surface area (Å²) in [6.07, 6.45) is 4.10. The number of hydrogen-bond donors (Lipinski definition) is 1. The highest BCUT2D eigenvalue weighted by Gasteiger charge is 2.31. The molecule has 1 aromatic rings. The smallest absolute Gasteiger partial charge is 0.335 e. The van der Waals surface area contributed by atoms with Gasteiger partial charge in [0.05, 0.1) is 17.9 Å². The first kappa shape index (κ1) is 14.8. The number of ether oxygens (including phenoxy) is 1. The average molecular weight is 298 g/mol. The number of rotatable bonds is 4. The largest absolute Gasteiger partial charge is 0.495 e. The lowest BCUT2D eigenvalue weighted by atomic mass is 10.0. The van der Waals surface area contributed by atoms with Crippen molar-refractivity contribution >= 4 is 15.8 Å². The standard InChI is InChI=1S/C14H18O5S/c1-19-12-8-7-10(14(15)16)9-13(12)20(17,18)11-5-3-2-4-6-11/h7-9,11H,2-6H2,1H3,(H,15,16). The van der Waals surface area contributed by atoms with Crippen LogP contribution in [0.25, 0.3) is 0 Å². The molecule has 0 saturated heterocycles. The minimum atomic E-state index is -3.55. The second-order valence-electron chi connectivity index (χ2n) is 4.98. The van der Waals surface area contributed by atoms with Crippen LogP contribution in [0.5, 0.6) is 5.75 Å². The van der Waals surface area contributed by atoms with Crippen LogP contribution in [0.15, 0.2) is 23.1 Å². The van der Waals surface area contributed by atoms with E-state index in [1.807, 2.05) is 0 Å². The molecule has 1 aliphatic carbocycles. The normalized spacial score (nSPS) is 16.9. The highest BCUT2D eigenvalue weighted by Crippen LogP contribution is 2.33. The second-order valence-corrected chi connectivity index (χ2v) is 7.17. The zero-order valence-electron chi connectivity index (χ0n) is 11.3. The van der Waals surface area contributed by atoms with Crippen molar-refractivity contribution in [1.82, 2.24) is 0 Å². The third kappa shape index (κ3) is 2.80. The van der Waals surface area contributed by atoms with E-state index in [0.717, 1.165) is 19.3 Å². The van der Waals surface area contributed by atoms with E-state index in [2.05, 4.69) is 0 Å². The molecule has 1 saturated carbocycles. The van der Waals surface area contributed by atoms with Gasteiger partial charge in [0.25, 0.3) is 0 Å². The van der Waals surface area contributed by atoms with E-state index in [4.69, 9.17) is 9.84 Å². The van der Waals surface area contributed by atoms with Gasteiger partial charge in [0.2, 0.25) is 0 Å². The summed E-state index contributed by atoms with van der Waals surface area (Å²) in [4.78, 5) is 11.0. The van der Waals surface area contributed by atoms with Gasteiger partial charge in [0, 0.05) is 0 Å². The van der Waals surface area contributed by atoms with Gasteiger partial charge in [-0.3, -0.25) is 0 Å². The number of sulfone groups is 1. The molecule has 0 atom stereocenters. The van der Waals surface area contributed by atoms with Crippen molar-refractivity contribution in [2.24, 2.45) is 0 Å². The Labute approximate surface area is 118 Å². The number of carboxylic acids is 1. The number of methoxy groups -OCH3 is 1. The van der Waals surface area contributed by atoms with E-state index >= 15 is 0 Å². The number of hydrogen-bond acceptors (Lipinski definition) is 4. The minimum Gasteiger partial charge on any atom is -0.495 e. The number of benzene rings is 1. The van der Waals surface area contributed by atoms with Gasteiger partial charge in [0.1, 0.15) is 10.6 Å². The Hall–Kier alpha value is -1.56. The van der Waals surface area contributed by atoms with E-state index in [9.17, 15) is 13.2 Å². The van der Waals surface area contributed by atoms with Crippen LogP contribution in [-0.2, 0) is 9.84 Å². The van der Waals surface area contributed by atoms with Crippen LogP contribution in [0.4, 0.5) is 0 Å². The first-order valence-corrected chi connectivity index (χ1v) is 8.16. The quantitative estimate of drug-likeness (QED) is 0.923. The van der Waals surface area contributed by atoms with Gasteiger partial charge in [-0.15, -0.1) is 0 Å². The van der Waals surface area contributed by atoms with Crippen LogP contribution in [0.3, 0.4) is 0 Å². The Kier molecular flexibility index (Phi) is 4.32. The topological polar surface area (TPSA) is 80.7 Å². The van der Waals surface area contributed by atoms with Crippen LogP contribution >= 0.6 is 0 Å². The summed E-state index contributed by atoms with van der Waals surface area (Å²) in [5.41, 5.74) is -0.0415. The monoisotopic (exact) mass is 298 g/mol. The van der Waals surface area contributed by atoms with E-state index in [-0.39, 0.29) is 16.2 Å². The fraction of sp³-hybridized carbons (Fsp3) is 0.500. The van der Waals surface area contributed by atoms with Crippen LogP contribution in [0.2, 0.25) is 0 Å². The molecule has 0 radical (unpaired) electrons. The van der Waals surface area contributed by atoms with Gasteiger partial charge in [-0.25, -0.2) is 13.2 Å².